The van der Waals surface area contributed by atoms with Crippen LogP contribution in [0, 0.1) is 11.3 Å². The first-order chi connectivity index (χ1) is 6.34. The summed E-state index contributed by atoms with van der Waals surface area (Å²) >= 11 is 0. The van der Waals surface area contributed by atoms with Crippen molar-refractivity contribution in [1.29, 1.82) is 5.26 Å². The van der Waals surface area contributed by atoms with Crippen LogP contribution in [-0.4, -0.2) is 25.3 Å². The topological polar surface area (TPSA) is 45.0 Å². The summed E-state index contributed by atoms with van der Waals surface area (Å²) in [6.07, 6.45) is 4.34. The summed E-state index contributed by atoms with van der Waals surface area (Å²) < 4.78 is 5.54. The third-order valence-electron chi connectivity index (χ3n) is 2.45. The van der Waals surface area contributed by atoms with Crippen LogP contribution in [0.2, 0.25) is 0 Å². The molecule has 3 nitrogen and oxygen atoms in total. The molecular weight excluding hydrogens is 164 g/mol. The van der Waals surface area contributed by atoms with Crippen molar-refractivity contribution in [1.82, 2.24) is 5.32 Å². The largest absolute Gasteiger partial charge is 0.377 e. The number of ether oxygens (including phenoxy) is 1. The van der Waals surface area contributed by atoms with Crippen molar-refractivity contribution in [3.63, 3.8) is 0 Å². The minimum Gasteiger partial charge on any atom is -0.377 e. The Hall–Kier alpha value is -0.590. The van der Waals surface area contributed by atoms with Gasteiger partial charge in [0.05, 0.1) is 12.2 Å². The van der Waals surface area contributed by atoms with E-state index >= 15 is 0 Å². The van der Waals surface area contributed by atoms with E-state index in [1.807, 2.05) is 0 Å². The van der Waals surface area contributed by atoms with Gasteiger partial charge in [-0.25, -0.2) is 0 Å². The molecule has 0 aliphatic carbocycles. The Kier molecular flexibility index (Phi) is 4.81. The molecule has 0 spiro atoms. The maximum atomic E-state index is 8.34. The molecule has 0 aromatic heterocycles. The van der Waals surface area contributed by atoms with Crippen LogP contribution in [0.4, 0.5) is 0 Å². The Balaban J connectivity index is 2.03. The van der Waals surface area contributed by atoms with Crippen LogP contribution in [0.5, 0.6) is 0 Å². The summed E-state index contributed by atoms with van der Waals surface area (Å²) in [5.41, 5.74) is 0. The van der Waals surface area contributed by atoms with E-state index in [1.54, 1.807) is 0 Å². The monoisotopic (exact) mass is 182 g/mol. The summed E-state index contributed by atoms with van der Waals surface area (Å²) in [4.78, 5) is 0. The van der Waals surface area contributed by atoms with E-state index in [9.17, 15) is 0 Å². The van der Waals surface area contributed by atoms with Crippen LogP contribution in [-0.2, 0) is 4.74 Å². The molecule has 1 fully saturated rings. The van der Waals surface area contributed by atoms with Gasteiger partial charge in [0.2, 0.25) is 0 Å². The van der Waals surface area contributed by atoms with Crippen LogP contribution in [0.3, 0.4) is 0 Å². The lowest BCUT2D eigenvalue weighted by Crippen LogP contribution is -2.37. The van der Waals surface area contributed by atoms with Gasteiger partial charge in [0.1, 0.15) is 0 Å². The standard InChI is InChI=1S/C10H18N2O/c1-9(10-5-4-8-13-10)12-7-3-2-6-11/h9-10,12H,2-5,7-8H2,1H3. The van der Waals surface area contributed by atoms with Crippen LogP contribution in [0.15, 0.2) is 0 Å². The van der Waals surface area contributed by atoms with Gasteiger partial charge in [-0.2, -0.15) is 5.26 Å². The van der Waals surface area contributed by atoms with E-state index in [-0.39, 0.29) is 0 Å². The fourth-order valence-electron chi connectivity index (χ4n) is 1.63. The average molecular weight is 182 g/mol. The summed E-state index contributed by atoms with van der Waals surface area (Å²) in [7, 11) is 0. The SMILES string of the molecule is CC(NCCCC#N)C1CCCO1. The Morgan fingerprint density at radius 2 is 2.54 bits per heavy atom. The third-order valence-corrected chi connectivity index (χ3v) is 2.45. The van der Waals surface area contributed by atoms with Crippen molar-refractivity contribution in [2.75, 3.05) is 13.2 Å². The second-order valence-corrected chi connectivity index (χ2v) is 3.56. The highest BCUT2D eigenvalue weighted by molar-refractivity contribution is 4.77. The molecule has 0 aromatic rings. The van der Waals surface area contributed by atoms with Gasteiger partial charge < -0.3 is 10.1 Å². The van der Waals surface area contributed by atoms with Crippen molar-refractivity contribution in [2.45, 2.75) is 44.8 Å². The van der Waals surface area contributed by atoms with Crippen molar-refractivity contribution in [2.24, 2.45) is 0 Å². The van der Waals surface area contributed by atoms with E-state index < -0.39 is 0 Å². The van der Waals surface area contributed by atoms with Crippen molar-refractivity contribution >= 4 is 0 Å². The van der Waals surface area contributed by atoms with Gasteiger partial charge in [-0.05, 0) is 32.7 Å². The number of unbranched alkanes of at least 4 members (excludes halogenated alkanes) is 1. The fraction of sp³-hybridized carbons (Fsp3) is 0.900. The summed E-state index contributed by atoms with van der Waals surface area (Å²) in [5, 5.41) is 11.7. The average Bonchev–Trinajstić information content (AvgIpc) is 2.65. The van der Waals surface area contributed by atoms with Crippen LogP contribution in [0.1, 0.15) is 32.6 Å². The maximum absolute atomic E-state index is 8.34. The van der Waals surface area contributed by atoms with E-state index in [0.717, 1.165) is 19.6 Å². The summed E-state index contributed by atoms with van der Waals surface area (Å²) in [6, 6.07) is 2.57. The van der Waals surface area contributed by atoms with Gasteiger partial charge >= 0.3 is 0 Å². The number of hydrogen-bond donors (Lipinski definition) is 1. The van der Waals surface area contributed by atoms with Gasteiger partial charge in [0.25, 0.3) is 0 Å². The summed E-state index contributed by atoms with van der Waals surface area (Å²) in [6.45, 7) is 3.99. The molecule has 0 saturated carbocycles. The van der Waals surface area contributed by atoms with Gasteiger partial charge in [0, 0.05) is 19.1 Å². The number of nitrogens with zero attached hydrogens (tertiary/aromatic N) is 1. The summed E-state index contributed by atoms with van der Waals surface area (Å²) in [5.74, 6) is 0. The molecule has 0 bridgehead atoms. The van der Waals surface area contributed by atoms with Crippen LogP contribution < -0.4 is 5.32 Å². The molecule has 0 radical (unpaired) electrons. The highest BCUT2D eigenvalue weighted by atomic mass is 16.5. The number of nitriles is 1. The molecule has 0 aromatic carbocycles. The van der Waals surface area contributed by atoms with Gasteiger partial charge in [-0.1, -0.05) is 0 Å². The third kappa shape index (κ3) is 3.75. The van der Waals surface area contributed by atoms with Crippen molar-refractivity contribution < 1.29 is 4.74 Å². The van der Waals surface area contributed by atoms with E-state index in [1.165, 1.54) is 12.8 Å². The lowest BCUT2D eigenvalue weighted by Gasteiger charge is -2.19. The zero-order chi connectivity index (χ0) is 9.52. The molecule has 74 valence electrons. The van der Waals surface area contributed by atoms with E-state index in [0.29, 0.717) is 18.6 Å². The zero-order valence-electron chi connectivity index (χ0n) is 8.25. The van der Waals surface area contributed by atoms with Crippen molar-refractivity contribution in [3.8, 4) is 6.07 Å². The van der Waals surface area contributed by atoms with Gasteiger partial charge in [-0.3, -0.25) is 0 Å². The first-order valence-corrected chi connectivity index (χ1v) is 5.06. The molecule has 3 heteroatoms. The number of nitrogens with one attached hydrogen (secondary N) is 1. The molecule has 1 aliphatic rings. The second-order valence-electron chi connectivity index (χ2n) is 3.56. The molecule has 0 amide bonds. The second kappa shape index (κ2) is 5.95. The maximum Gasteiger partial charge on any atom is 0.0726 e. The van der Waals surface area contributed by atoms with E-state index in [4.69, 9.17) is 10.00 Å². The Morgan fingerprint density at radius 1 is 1.69 bits per heavy atom. The molecule has 1 saturated heterocycles. The van der Waals surface area contributed by atoms with Gasteiger partial charge in [-0.15, -0.1) is 0 Å². The lowest BCUT2D eigenvalue weighted by molar-refractivity contribution is 0.0837. The highest BCUT2D eigenvalue weighted by Gasteiger charge is 2.21. The predicted octanol–water partition coefficient (Wildman–Crippen LogP) is 1.45. The number of rotatable bonds is 5. The first-order valence-electron chi connectivity index (χ1n) is 5.06. The smallest absolute Gasteiger partial charge is 0.0726 e. The molecule has 13 heavy (non-hydrogen) atoms. The molecular formula is C10H18N2O. The minimum atomic E-state index is 0.391. The fourth-order valence-corrected chi connectivity index (χ4v) is 1.63. The molecule has 2 atom stereocenters. The van der Waals surface area contributed by atoms with Crippen LogP contribution >= 0.6 is 0 Å². The molecule has 2 unspecified atom stereocenters. The Labute approximate surface area is 80.1 Å². The molecule has 1 heterocycles. The van der Waals surface area contributed by atoms with Crippen LogP contribution in [0.25, 0.3) is 0 Å². The van der Waals surface area contributed by atoms with E-state index in [2.05, 4.69) is 18.3 Å². The number of hydrogen-bond acceptors (Lipinski definition) is 3. The first kappa shape index (κ1) is 10.5. The highest BCUT2D eigenvalue weighted by Crippen LogP contribution is 2.15. The predicted molar refractivity (Wildman–Crippen MR) is 51.3 cm³/mol. The molecule has 1 N–H and O–H groups in total. The van der Waals surface area contributed by atoms with Gasteiger partial charge in [0.15, 0.2) is 0 Å². The Bertz CT molecular complexity index is 170. The lowest BCUT2D eigenvalue weighted by atomic mass is 10.1. The molecule has 1 rings (SSSR count). The normalized spacial score (nSPS) is 24.2. The Morgan fingerprint density at radius 3 is 3.15 bits per heavy atom. The minimum absolute atomic E-state index is 0.391. The quantitative estimate of drug-likeness (QED) is 0.654. The molecule has 1 aliphatic heterocycles. The van der Waals surface area contributed by atoms with Crippen molar-refractivity contribution in [3.05, 3.63) is 0 Å². The zero-order valence-corrected chi connectivity index (χ0v) is 8.25.